The summed E-state index contributed by atoms with van der Waals surface area (Å²) >= 11 is 4.22. The fraction of sp³-hybridized carbons (Fsp3) is 0.200. The lowest BCUT2D eigenvalue weighted by atomic mass is 10.4. The third-order valence-corrected chi connectivity index (χ3v) is 3.39. The van der Waals surface area contributed by atoms with Gasteiger partial charge in [-0.2, -0.15) is 0 Å². The maximum absolute atomic E-state index is 11.3. The van der Waals surface area contributed by atoms with Crippen LogP contribution >= 0.6 is 27.7 Å². The summed E-state index contributed by atoms with van der Waals surface area (Å²) in [5.74, 6) is 0.790. The van der Waals surface area contributed by atoms with Gasteiger partial charge in [-0.25, -0.2) is 0 Å². The van der Waals surface area contributed by atoms with Crippen LogP contribution in [0.25, 0.3) is 6.08 Å². The fourth-order valence-corrected chi connectivity index (χ4v) is 2.63. The van der Waals surface area contributed by atoms with Crippen molar-refractivity contribution in [3.63, 3.8) is 0 Å². The number of amides is 2. The number of anilines is 1. The molecule has 7 heteroatoms. The Hall–Kier alpha value is -1.21. The predicted molar refractivity (Wildman–Crippen MR) is 69.8 cm³/mol. The van der Waals surface area contributed by atoms with Crippen LogP contribution in [-0.2, 0) is 4.79 Å². The second-order valence-corrected chi connectivity index (χ2v) is 5.42. The molecular weight excluding hydrogens is 308 g/mol. The SMILES string of the molecule is CN(C)c1oc(C=C2SC(=O)NC2=O)cc1Br. The normalized spacial score (nSPS) is 17.7. The Bertz CT molecular complexity index is 522. The number of furan rings is 1. The van der Waals surface area contributed by atoms with E-state index in [9.17, 15) is 9.59 Å². The zero-order chi connectivity index (χ0) is 12.6. The first-order valence-corrected chi connectivity index (χ1v) is 6.30. The van der Waals surface area contributed by atoms with Gasteiger partial charge in [0, 0.05) is 26.2 Å². The maximum Gasteiger partial charge on any atom is 0.290 e. The highest BCUT2D eigenvalue weighted by atomic mass is 79.9. The number of halogens is 1. The van der Waals surface area contributed by atoms with Crippen molar-refractivity contribution >= 4 is 50.8 Å². The first-order valence-electron chi connectivity index (χ1n) is 4.69. The minimum atomic E-state index is -0.390. The molecule has 1 aromatic rings. The number of hydrogen-bond donors (Lipinski definition) is 1. The van der Waals surface area contributed by atoms with E-state index in [0.29, 0.717) is 16.5 Å². The van der Waals surface area contributed by atoms with Gasteiger partial charge in [-0.3, -0.25) is 14.9 Å². The average Bonchev–Trinajstić information content (AvgIpc) is 2.71. The van der Waals surface area contributed by atoms with Crippen molar-refractivity contribution < 1.29 is 14.0 Å². The monoisotopic (exact) mass is 316 g/mol. The van der Waals surface area contributed by atoms with E-state index < -0.39 is 0 Å². The lowest BCUT2D eigenvalue weighted by Gasteiger charge is -2.07. The van der Waals surface area contributed by atoms with Gasteiger partial charge in [0.1, 0.15) is 5.76 Å². The highest BCUT2D eigenvalue weighted by Gasteiger charge is 2.25. The molecule has 1 saturated heterocycles. The molecular formula is C10H9BrN2O3S. The van der Waals surface area contributed by atoms with E-state index in [4.69, 9.17) is 4.42 Å². The summed E-state index contributed by atoms with van der Waals surface area (Å²) in [4.78, 5) is 24.4. The van der Waals surface area contributed by atoms with Crippen molar-refractivity contribution in [2.45, 2.75) is 0 Å². The highest BCUT2D eigenvalue weighted by Crippen LogP contribution is 2.32. The van der Waals surface area contributed by atoms with E-state index in [1.165, 1.54) is 0 Å². The second kappa shape index (κ2) is 4.58. The van der Waals surface area contributed by atoms with Crippen LogP contribution in [0.4, 0.5) is 10.7 Å². The summed E-state index contributed by atoms with van der Waals surface area (Å²) in [5, 5.41) is 1.82. The number of nitrogens with zero attached hydrogens (tertiary/aromatic N) is 1. The van der Waals surface area contributed by atoms with Gasteiger partial charge in [-0.1, -0.05) is 0 Å². The zero-order valence-electron chi connectivity index (χ0n) is 9.11. The van der Waals surface area contributed by atoms with Gasteiger partial charge < -0.3 is 9.32 Å². The van der Waals surface area contributed by atoms with Gasteiger partial charge in [0.05, 0.1) is 9.38 Å². The smallest absolute Gasteiger partial charge is 0.290 e. The number of carbonyl (C=O) groups is 2. The second-order valence-electron chi connectivity index (χ2n) is 3.55. The largest absolute Gasteiger partial charge is 0.440 e. The Morgan fingerprint density at radius 1 is 1.47 bits per heavy atom. The minimum absolute atomic E-state index is 0.335. The molecule has 1 aromatic heterocycles. The van der Waals surface area contributed by atoms with Crippen LogP contribution in [0.1, 0.15) is 5.76 Å². The molecule has 1 N–H and O–H groups in total. The lowest BCUT2D eigenvalue weighted by Crippen LogP contribution is -2.17. The molecule has 2 amide bonds. The minimum Gasteiger partial charge on any atom is -0.440 e. The predicted octanol–water partition coefficient (Wildman–Crippen LogP) is 2.43. The van der Waals surface area contributed by atoms with Crippen LogP contribution in [0, 0.1) is 0 Å². The highest BCUT2D eigenvalue weighted by molar-refractivity contribution is 9.10. The van der Waals surface area contributed by atoms with Crippen LogP contribution in [0.5, 0.6) is 0 Å². The van der Waals surface area contributed by atoms with Crippen LogP contribution in [0.3, 0.4) is 0 Å². The van der Waals surface area contributed by atoms with E-state index in [2.05, 4.69) is 21.2 Å². The summed E-state index contributed by atoms with van der Waals surface area (Å²) in [6, 6.07) is 1.75. The summed E-state index contributed by atoms with van der Waals surface area (Å²) in [7, 11) is 3.70. The van der Waals surface area contributed by atoms with E-state index in [-0.39, 0.29) is 11.1 Å². The van der Waals surface area contributed by atoms with Crippen LogP contribution in [0.15, 0.2) is 19.9 Å². The Balaban J connectivity index is 2.30. The van der Waals surface area contributed by atoms with E-state index >= 15 is 0 Å². The molecule has 0 radical (unpaired) electrons. The Morgan fingerprint density at radius 2 is 2.18 bits per heavy atom. The Kier molecular flexibility index (Phi) is 3.30. The number of thioether (sulfide) groups is 1. The Morgan fingerprint density at radius 3 is 2.65 bits per heavy atom. The van der Waals surface area contributed by atoms with Crippen LogP contribution in [0.2, 0.25) is 0 Å². The van der Waals surface area contributed by atoms with Crippen molar-refractivity contribution in [3.05, 3.63) is 21.2 Å². The number of nitrogens with one attached hydrogen (secondary N) is 1. The van der Waals surface area contributed by atoms with Crippen molar-refractivity contribution in [3.8, 4) is 0 Å². The van der Waals surface area contributed by atoms with Gasteiger partial charge in [0.2, 0.25) is 5.88 Å². The maximum atomic E-state index is 11.3. The summed E-state index contributed by atoms with van der Waals surface area (Å²) in [6.45, 7) is 0. The molecule has 5 nitrogen and oxygen atoms in total. The molecule has 17 heavy (non-hydrogen) atoms. The van der Waals surface area contributed by atoms with Crippen molar-refractivity contribution in [1.29, 1.82) is 0 Å². The van der Waals surface area contributed by atoms with E-state index in [1.807, 2.05) is 14.1 Å². The molecule has 1 aliphatic rings. The molecule has 0 atom stereocenters. The van der Waals surface area contributed by atoms with Gasteiger partial charge in [0.25, 0.3) is 11.1 Å². The van der Waals surface area contributed by atoms with Crippen molar-refractivity contribution in [2.24, 2.45) is 0 Å². The van der Waals surface area contributed by atoms with Crippen molar-refractivity contribution in [2.75, 3.05) is 19.0 Å². The van der Waals surface area contributed by atoms with E-state index in [0.717, 1.165) is 16.2 Å². The molecule has 1 aliphatic heterocycles. The van der Waals surface area contributed by atoms with Crippen LogP contribution in [-0.4, -0.2) is 25.2 Å². The summed E-state index contributed by atoms with van der Waals surface area (Å²) in [6.07, 6.45) is 1.54. The first-order chi connectivity index (χ1) is 7.97. The molecule has 0 aromatic carbocycles. The van der Waals surface area contributed by atoms with E-state index in [1.54, 1.807) is 17.0 Å². The standard InChI is InChI=1S/C10H9BrN2O3S/c1-13(2)9-6(11)3-5(16-9)4-7-8(14)12-10(15)17-7/h3-4H,1-2H3,(H,12,14,15). The zero-order valence-corrected chi connectivity index (χ0v) is 11.5. The lowest BCUT2D eigenvalue weighted by molar-refractivity contribution is -0.115. The molecule has 0 saturated carbocycles. The summed E-state index contributed by atoms with van der Waals surface area (Å²) in [5.41, 5.74) is 0. The fourth-order valence-electron chi connectivity index (χ4n) is 1.30. The molecule has 90 valence electrons. The van der Waals surface area contributed by atoms with Crippen LogP contribution < -0.4 is 10.2 Å². The van der Waals surface area contributed by atoms with Gasteiger partial charge >= 0.3 is 0 Å². The molecule has 1 fully saturated rings. The molecule has 0 unspecified atom stereocenters. The number of hydrogen-bond acceptors (Lipinski definition) is 5. The third kappa shape index (κ3) is 2.55. The number of imide groups is 1. The van der Waals surface area contributed by atoms with Gasteiger partial charge in [-0.15, -0.1) is 0 Å². The molecule has 0 bridgehead atoms. The molecule has 2 rings (SSSR count). The Labute approximate surface area is 110 Å². The quantitative estimate of drug-likeness (QED) is 0.849. The third-order valence-electron chi connectivity index (χ3n) is 2.01. The van der Waals surface area contributed by atoms with Gasteiger partial charge in [-0.05, 0) is 27.7 Å². The summed E-state index contributed by atoms with van der Waals surface area (Å²) < 4.78 is 6.31. The average molecular weight is 317 g/mol. The molecule has 0 spiro atoms. The number of rotatable bonds is 2. The topological polar surface area (TPSA) is 62.6 Å². The van der Waals surface area contributed by atoms with Gasteiger partial charge in [0.15, 0.2) is 0 Å². The van der Waals surface area contributed by atoms with Crippen molar-refractivity contribution in [1.82, 2.24) is 5.32 Å². The first kappa shape index (κ1) is 12.3. The molecule has 0 aliphatic carbocycles. The number of carbonyl (C=O) groups excluding carboxylic acids is 2. The molecule has 2 heterocycles.